The van der Waals surface area contributed by atoms with Crippen LogP contribution in [0.2, 0.25) is 0 Å². The molecule has 3 N–H and O–H groups in total. The zero-order valence-electron chi connectivity index (χ0n) is 9.44. The molecule has 5 heteroatoms. The largest absolute Gasteiger partial charge is 0.394 e. The second-order valence-corrected chi connectivity index (χ2v) is 4.23. The van der Waals surface area contributed by atoms with E-state index in [1.165, 1.54) is 0 Å². The minimum absolute atomic E-state index is 0.0195. The molecule has 1 fully saturated rings. The second-order valence-electron chi connectivity index (χ2n) is 4.23. The summed E-state index contributed by atoms with van der Waals surface area (Å²) in [5.41, 5.74) is 5.86. The van der Waals surface area contributed by atoms with Crippen LogP contribution in [0.4, 0.5) is 0 Å². The number of nitrogens with two attached hydrogens (primary N) is 1. The van der Waals surface area contributed by atoms with Gasteiger partial charge in [-0.05, 0) is 20.3 Å². The topological polar surface area (TPSA) is 73.9 Å². The third kappa shape index (κ3) is 4.90. The molecular weight excluding hydrogens is 198 g/mol. The molecule has 2 unspecified atom stereocenters. The van der Waals surface area contributed by atoms with Crippen LogP contribution in [0.5, 0.6) is 0 Å². The van der Waals surface area contributed by atoms with E-state index in [1.807, 2.05) is 13.8 Å². The highest BCUT2D eigenvalue weighted by molar-refractivity contribution is 4.73. The van der Waals surface area contributed by atoms with Crippen LogP contribution in [0.3, 0.4) is 0 Å². The van der Waals surface area contributed by atoms with E-state index in [0.29, 0.717) is 26.2 Å². The van der Waals surface area contributed by atoms with Crippen molar-refractivity contribution < 1.29 is 19.3 Å². The highest BCUT2D eigenvalue weighted by atomic mass is 16.7. The molecule has 0 spiro atoms. The van der Waals surface area contributed by atoms with Crippen LogP contribution in [0.25, 0.3) is 0 Å². The van der Waals surface area contributed by atoms with E-state index in [4.69, 9.17) is 25.1 Å². The molecule has 90 valence electrons. The third-order valence-corrected chi connectivity index (χ3v) is 2.27. The maximum absolute atomic E-state index is 8.67. The molecule has 0 aromatic carbocycles. The molecule has 0 aliphatic carbocycles. The van der Waals surface area contributed by atoms with E-state index in [9.17, 15) is 0 Å². The van der Waals surface area contributed by atoms with Gasteiger partial charge in [-0.3, -0.25) is 0 Å². The normalized spacial score (nSPS) is 32.0. The first kappa shape index (κ1) is 12.9. The van der Waals surface area contributed by atoms with Crippen LogP contribution in [0, 0.1) is 0 Å². The van der Waals surface area contributed by atoms with E-state index in [2.05, 4.69) is 0 Å². The third-order valence-electron chi connectivity index (χ3n) is 2.27. The monoisotopic (exact) mass is 219 g/mol. The van der Waals surface area contributed by atoms with Gasteiger partial charge in [-0.15, -0.1) is 0 Å². The first-order valence-corrected chi connectivity index (χ1v) is 5.29. The van der Waals surface area contributed by atoms with Crippen LogP contribution in [-0.2, 0) is 14.2 Å². The molecule has 0 aromatic heterocycles. The van der Waals surface area contributed by atoms with Crippen molar-refractivity contribution in [3.8, 4) is 0 Å². The van der Waals surface area contributed by atoms with Gasteiger partial charge in [-0.2, -0.15) is 0 Å². The Balaban J connectivity index is 2.43. The second kappa shape index (κ2) is 5.77. The Hall–Kier alpha value is -0.200. The van der Waals surface area contributed by atoms with Crippen LogP contribution < -0.4 is 5.73 Å². The van der Waals surface area contributed by atoms with Gasteiger partial charge in [0.2, 0.25) is 0 Å². The number of ether oxygens (including phenoxy) is 3. The van der Waals surface area contributed by atoms with Gasteiger partial charge < -0.3 is 25.1 Å². The van der Waals surface area contributed by atoms with Crippen molar-refractivity contribution in [3.63, 3.8) is 0 Å². The van der Waals surface area contributed by atoms with Crippen molar-refractivity contribution >= 4 is 0 Å². The fourth-order valence-electron chi connectivity index (χ4n) is 1.45. The van der Waals surface area contributed by atoms with E-state index in [-0.39, 0.29) is 18.8 Å². The summed E-state index contributed by atoms with van der Waals surface area (Å²) in [6, 6.07) is -0.0446. The molecule has 0 aromatic rings. The highest BCUT2D eigenvalue weighted by Gasteiger charge is 2.27. The molecule has 1 aliphatic rings. The standard InChI is InChI=1S/C10H21NO4/c1-10(2)14-6-8(11)5-9(7-15-10)13-4-3-12/h8-9,12H,3-7,11H2,1-2H3. The average Bonchev–Trinajstić information content (AvgIpc) is 2.18. The maximum Gasteiger partial charge on any atom is 0.162 e. The van der Waals surface area contributed by atoms with Gasteiger partial charge in [0.15, 0.2) is 5.79 Å². The van der Waals surface area contributed by atoms with Crippen molar-refractivity contribution in [2.75, 3.05) is 26.4 Å². The van der Waals surface area contributed by atoms with Gasteiger partial charge >= 0.3 is 0 Å². The number of hydrogen-bond donors (Lipinski definition) is 2. The fourth-order valence-corrected chi connectivity index (χ4v) is 1.45. The molecule has 0 saturated carbocycles. The van der Waals surface area contributed by atoms with Crippen LogP contribution in [0.1, 0.15) is 20.3 Å². The Kier molecular flexibility index (Phi) is 4.95. The van der Waals surface area contributed by atoms with E-state index < -0.39 is 5.79 Å². The number of aliphatic hydroxyl groups excluding tert-OH is 1. The van der Waals surface area contributed by atoms with Crippen molar-refractivity contribution in [2.45, 2.75) is 38.2 Å². The van der Waals surface area contributed by atoms with Gasteiger partial charge in [0.1, 0.15) is 0 Å². The SMILES string of the molecule is CC1(C)OCC(N)CC(OCCO)CO1. The Labute approximate surface area is 90.5 Å². The van der Waals surface area contributed by atoms with Gasteiger partial charge in [0.05, 0.1) is 32.5 Å². The van der Waals surface area contributed by atoms with Crippen LogP contribution >= 0.6 is 0 Å². The molecule has 2 atom stereocenters. The zero-order valence-corrected chi connectivity index (χ0v) is 9.44. The summed E-state index contributed by atoms with van der Waals surface area (Å²) in [7, 11) is 0. The molecule has 1 rings (SSSR count). The Morgan fingerprint density at radius 2 is 2.07 bits per heavy atom. The lowest BCUT2D eigenvalue weighted by Crippen LogP contribution is -2.43. The van der Waals surface area contributed by atoms with Crippen LogP contribution in [-0.4, -0.2) is 49.5 Å². The van der Waals surface area contributed by atoms with Crippen molar-refractivity contribution in [3.05, 3.63) is 0 Å². The number of rotatable bonds is 3. The number of hydrogen-bond acceptors (Lipinski definition) is 5. The molecule has 1 heterocycles. The summed E-state index contributed by atoms with van der Waals surface area (Å²) in [6.07, 6.45) is 0.631. The first-order chi connectivity index (χ1) is 7.03. The summed E-state index contributed by atoms with van der Waals surface area (Å²) >= 11 is 0. The molecule has 0 radical (unpaired) electrons. The van der Waals surface area contributed by atoms with Crippen LogP contribution in [0.15, 0.2) is 0 Å². The molecule has 5 nitrogen and oxygen atoms in total. The van der Waals surface area contributed by atoms with Gasteiger partial charge in [0.25, 0.3) is 0 Å². The summed E-state index contributed by atoms with van der Waals surface area (Å²) in [5, 5.41) is 8.67. The average molecular weight is 219 g/mol. The minimum atomic E-state index is -0.612. The first-order valence-electron chi connectivity index (χ1n) is 5.29. The van der Waals surface area contributed by atoms with Gasteiger partial charge in [-0.1, -0.05) is 0 Å². The highest BCUT2D eigenvalue weighted by Crippen LogP contribution is 2.17. The molecule has 1 aliphatic heterocycles. The van der Waals surface area contributed by atoms with Crippen molar-refractivity contribution in [1.82, 2.24) is 0 Å². The zero-order chi connectivity index (χ0) is 11.3. The molecule has 0 amide bonds. The summed E-state index contributed by atoms with van der Waals surface area (Å²) < 4.78 is 16.4. The summed E-state index contributed by atoms with van der Waals surface area (Å²) in [6.45, 7) is 4.96. The van der Waals surface area contributed by atoms with Gasteiger partial charge in [0, 0.05) is 6.04 Å². The predicted molar refractivity (Wildman–Crippen MR) is 55.4 cm³/mol. The molecule has 15 heavy (non-hydrogen) atoms. The lowest BCUT2D eigenvalue weighted by molar-refractivity contribution is -0.240. The minimum Gasteiger partial charge on any atom is -0.394 e. The van der Waals surface area contributed by atoms with E-state index in [1.54, 1.807) is 0 Å². The Bertz CT molecular complexity index is 186. The fraction of sp³-hybridized carbons (Fsp3) is 1.00. The summed E-state index contributed by atoms with van der Waals surface area (Å²) in [4.78, 5) is 0. The Morgan fingerprint density at radius 3 is 2.73 bits per heavy atom. The molecular formula is C10H21NO4. The lowest BCUT2D eigenvalue weighted by Gasteiger charge is -2.33. The van der Waals surface area contributed by atoms with Crippen molar-refractivity contribution in [2.24, 2.45) is 5.73 Å². The van der Waals surface area contributed by atoms with Crippen molar-refractivity contribution in [1.29, 1.82) is 0 Å². The molecule has 0 bridgehead atoms. The van der Waals surface area contributed by atoms with E-state index >= 15 is 0 Å². The summed E-state index contributed by atoms with van der Waals surface area (Å²) in [5.74, 6) is -0.612. The Morgan fingerprint density at radius 1 is 1.40 bits per heavy atom. The number of aliphatic hydroxyl groups is 1. The van der Waals surface area contributed by atoms with E-state index in [0.717, 1.165) is 0 Å². The lowest BCUT2D eigenvalue weighted by atomic mass is 10.1. The quantitative estimate of drug-likeness (QED) is 0.691. The smallest absolute Gasteiger partial charge is 0.162 e. The molecule has 1 saturated heterocycles. The van der Waals surface area contributed by atoms with Gasteiger partial charge in [-0.25, -0.2) is 0 Å². The maximum atomic E-state index is 8.67. The predicted octanol–water partition coefficient (Wildman–Crippen LogP) is -0.136.